The molecule has 0 fully saturated rings. The van der Waals surface area contributed by atoms with Crippen molar-refractivity contribution < 1.29 is 75.8 Å². The highest BCUT2D eigenvalue weighted by atomic mass is 31.2. The first-order valence-corrected chi connectivity index (χ1v) is 57.8. The molecule has 0 aliphatic heterocycles. The molecule has 4 N–H and O–H groups in total. The Balaban J connectivity index is 4.58. The van der Waals surface area contributed by atoms with Crippen molar-refractivity contribution in [2.24, 2.45) is 0 Å². The highest BCUT2D eigenvalue weighted by Gasteiger charge is 2.30. The maximum atomic E-state index is 13.2. The van der Waals surface area contributed by atoms with Gasteiger partial charge in [-0.1, -0.05) is 481 Å². The summed E-state index contributed by atoms with van der Waals surface area (Å²) in [5.41, 5.74) is 0. The molecule has 0 aliphatic rings. The van der Waals surface area contributed by atoms with Gasteiger partial charge in [-0.05, 0) is 154 Å². The molecule has 0 aromatic carbocycles. The van der Waals surface area contributed by atoms with Crippen LogP contribution in [0.25, 0.3) is 0 Å². The van der Waals surface area contributed by atoms with Crippen molar-refractivity contribution in [2.45, 2.75) is 514 Å². The van der Waals surface area contributed by atoms with Gasteiger partial charge in [-0.2, -0.15) is 0 Å². The largest absolute Gasteiger partial charge is 0.472 e. The van der Waals surface area contributed by atoms with Gasteiger partial charge >= 0.3 is 33.6 Å². The minimum atomic E-state index is -4.95. The van der Waals surface area contributed by atoms with Crippen molar-refractivity contribution in [3.63, 3.8) is 0 Å². The van der Waals surface area contributed by atoms with Crippen molar-refractivity contribution >= 4 is 33.6 Å². The Kier molecular flexibility index (Phi) is 102. The molecule has 0 aliphatic carbocycles. The van der Waals surface area contributed by atoms with Crippen molar-refractivity contribution in [3.05, 3.63) is 158 Å². The monoisotopic (exact) mass is 1900 g/mol. The van der Waals surface area contributed by atoms with Crippen LogP contribution in [0, 0.1) is 0 Å². The standard InChI is InChI=1S/C115H202O16P2/c1-4-7-10-13-16-19-22-25-28-31-34-37-40-43-46-49-52-53-54-55-58-60-62-65-68-71-74-77-80-83-86-89-92-95-98-101-113(118)125-104-110(116)105-127-132(121,122)128-106-111(117)107-129-133(123,124)130-109-112(131-115(120)103-100-97-94-91-88-85-82-79-76-73-70-67-64-61-57-51-48-45-42-39-36-33-30-27-24-21-18-15-12-9-6-3)108-126-114(119)102-99-96-93-90-87-84-81-78-75-72-69-66-63-59-56-50-47-44-41-38-35-32-29-26-23-20-17-14-11-8-5-2/h7,10,16-21,25-30,34-39,43-48,110-112,116-117H,4-6,8-9,11-15,22-24,31-33,40-42,49-109H2,1-3H3,(H,121,122)(H,123,124)/b10-7-,19-16-,20-17-,21-18-,28-25-,29-26-,30-27-,37-34-,38-35-,39-36-,46-43-,47-44-,48-45-. The number of hydrogen-bond donors (Lipinski definition) is 4. The molecule has 5 unspecified atom stereocenters. The first-order valence-electron chi connectivity index (χ1n) is 54.8. The van der Waals surface area contributed by atoms with E-state index in [0.29, 0.717) is 19.3 Å². The summed E-state index contributed by atoms with van der Waals surface area (Å²) in [5, 5.41) is 20.8. The highest BCUT2D eigenvalue weighted by molar-refractivity contribution is 7.47. The van der Waals surface area contributed by atoms with Crippen LogP contribution in [0.5, 0.6) is 0 Å². The number of carbonyl (C=O) groups is 3. The fourth-order valence-corrected chi connectivity index (χ4v) is 17.0. The Labute approximate surface area is 816 Å². The third-order valence-corrected chi connectivity index (χ3v) is 25.6. The lowest BCUT2D eigenvalue weighted by molar-refractivity contribution is -0.161. The van der Waals surface area contributed by atoms with E-state index in [4.69, 9.17) is 32.3 Å². The van der Waals surface area contributed by atoms with Crippen LogP contribution >= 0.6 is 15.6 Å². The average Bonchev–Trinajstić information content (AvgIpc) is 0.896. The summed E-state index contributed by atoms with van der Waals surface area (Å²) in [6.07, 6.45) is 139. The molecule has 5 atom stereocenters. The fraction of sp³-hybridized carbons (Fsp3) is 0.748. The van der Waals surface area contributed by atoms with E-state index in [0.717, 1.165) is 135 Å². The lowest BCUT2D eigenvalue weighted by Gasteiger charge is -2.21. The molecular weight excluding hydrogens is 1700 g/mol. The molecular formula is C115H202O16P2. The number of aliphatic hydroxyl groups is 2. The van der Waals surface area contributed by atoms with Crippen LogP contribution in [0.1, 0.15) is 496 Å². The number of phosphoric acid groups is 2. The summed E-state index contributed by atoms with van der Waals surface area (Å²) in [6.45, 7) is 2.62. The van der Waals surface area contributed by atoms with Crippen LogP contribution in [0.3, 0.4) is 0 Å². The summed E-state index contributed by atoms with van der Waals surface area (Å²) < 4.78 is 61.8. The predicted molar refractivity (Wildman–Crippen MR) is 565 cm³/mol. The van der Waals surface area contributed by atoms with Crippen molar-refractivity contribution in [2.75, 3.05) is 39.6 Å². The maximum absolute atomic E-state index is 13.2. The molecule has 0 amide bonds. The molecule has 16 nitrogen and oxygen atoms in total. The van der Waals surface area contributed by atoms with E-state index in [9.17, 15) is 43.5 Å². The zero-order chi connectivity index (χ0) is 96.4. The SMILES string of the molecule is CC/C=C\C/C=C\C/C=C\C/C=C\C/C=C\CCCCCCCCCCCCCCCCCCCCCC(=O)OCC(O)COP(=O)(O)OCC(O)COP(=O)(O)OCC(COC(=O)CCCCCCCCCCCCCCCCC/C=C\C/C=C\C/C=C\C/C=C\CCCCC)OC(=O)CCCCCCCCCCCCCCCCC/C=C\C/C=C\C/C=C\C/C=C\CCCCC. The van der Waals surface area contributed by atoms with Crippen LogP contribution in [-0.4, -0.2) is 95.9 Å². The lowest BCUT2D eigenvalue weighted by atomic mass is 10.0. The summed E-state index contributed by atoms with van der Waals surface area (Å²) in [5.74, 6) is -1.55. The molecule has 0 rings (SSSR count). The summed E-state index contributed by atoms with van der Waals surface area (Å²) in [6, 6.07) is 0. The van der Waals surface area contributed by atoms with E-state index in [1.165, 1.54) is 302 Å². The molecule has 0 radical (unpaired) electrons. The molecule has 133 heavy (non-hydrogen) atoms. The van der Waals surface area contributed by atoms with Gasteiger partial charge in [0.15, 0.2) is 6.10 Å². The second kappa shape index (κ2) is 106. The van der Waals surface area contributed by atoms with Crippen molar-refractivity contribution in [1.29, 1.82) is 0 Å². The highest BCUT2D eigenvalue weighted by Crippen LogP contribution is 2.45. The van der Waals surface area contributed by atoms with Gasteiger partial charge in [0.05, 0.1) is 26.4 Å². The van der Waals surface area contributed by atoms with Crippen molar-refractivity contribution in [3.8, 4) is 0 Å². The quantitative estimate of drug-likeness (QED) is 0.0146. The number of aliphatic hydroxyl groups excluding tert-OH is 2. The Bertz CT molecular complexity index is 3050. The molecule has 0 saturated heterocycles. The Morgan fingerprint density at radius 1 is 0.218 bits per heavy atom. The Morgan fingerprint density at radius 3 is 0.632 bits per heavy atom. The van der Waals surface area contributed by atoms with Crippen LogP contribution in [0.4, 0.5) is 0 Å². The second-order valence-electron chi connectivity index (χ2n) is 36.7. The van der Waals surface area contributed by atoms with E-state index in [1.54, 1.807) is 0 Å². The number of esters is 3. The zero-order valence-corrected chi connectivity index (χ0v) is 87.2. The Morgan fingerprint density at radius 2 is 0.398 bits per heavy atom. The molecule has 0 saturated carbocycles. The van der Waals surface area contributed by atoms with Gasteiger partial charge in [-0.3, -0.25) is 32.5 Å². The molecule has 0 heterocycles. The van der Waals surface area contributed by atoms with Gasteiger partial charge in [-0.15, -0.1) is 0 Å². The number of ether oxygens (including phenoxy) is 3. The normalized spacial score (nSPS) is 14.2. The topological polar surface area (TPSA) is 231 Å². The van der Waals surface area contributed by atoms with Crippen LogP contribution in [0.2, 0.25) is 0 Å². The van der Waals surface area contributed by atoms with Gasteiger partial charge in [0.25, 0.3) is 0 Å². The number of unbranched alkanes of at least 4 members (excludes halogenated alkanes) is 55. The zero-order valence-electron chi connectivity index (χ0n) is 85.4. The van der Waals surface area contributed by atoms with Gasteiger partial charge in [-0.25, -0.2) is 9.13 Å². The molecule has 0 aromatic rings. The van der Waals surface area contributed by atoms with Crippen LogP contribution in [0.15, 0.2) is 158 Å². The Hall–Kier alpha value is -4.83. The summed E-state index contributed by atoms with van der Waals surface area (Å²) in [4.78, 5) is 59.3. The maximum Gasteiger partial charge on any atom is 0.472 e. The average molecular weight is 1900 g/mol. The van der Waals surface area contributed by atoms with E-state index < -0.39 is 91.5 Å². The number of rotatable bonds is 104. The van der Waals surface area contributed by atoms with Gasteiger partial charge in [0.1, 0.15) is 25.4 Å². The van der Waals surface area contributed by atoms with E-state index >= 15 is 0 Å². The van der Waals surface area contributed by atoms with Gasteiger partial charge in [0.2, 0.25) is 0 Å². The van der Waals surface area contributed by atoms with E-state index in [2.05, 4.69) is 179 Å². The molecule has 0 spiro atoms. The smallest absolute Gasteiger partial charge is 0.463 e. The minimum absolute atomic E-state index is 0.104. The second-order valence-corrected chi connectivity index (χ2v) is 39.6. The molecule has 768 valence electrons. The first-order chi connectivity index (χ1) is 65.2. The van der Waals surface area contributed by atoms with Gasteiger partial charge in [0, 0.05) is 19.3 Å². The number of hydrogen-bond acceptors (Lipinski definition) is 14. The first kappa shape index (κ1) is 128. The minimum Gasteiger partial charge on any atom is -0.463 e. The molecule has 18 heteroatoms. The van der Waals surface area contributed by atoms with Crippen LogP contribution < -0.4 is 0 Å². The molecule has 0 bridgehead atoms. The van der Waals surface area contributed by atoms with Crippen LogP contribution in [-0.2, 0) is 55.8 Å². The van der Waals surface area contributed by atoms with E-state index in [1.807, 2.05) is 0 Å². The van der Waals surface area contributed by atoms with E-state index in [-0.39, 0.29) is 19.3 Å². The number of allylic oxidation sites excluding steroid dienone is 26. The lowest BCUT2D eigenvalue weighted by Crippen LogP contribution is -2.30. The number of phosphoric ester groups is 2. The van der Waals surface area contributed by atoms with Crippen molar-refractivity contribution in [1.82, 2.24) is 0 Å². The third-order valence-electron chi connectivity index (χ3n) is 23.7. The fourth-order valence-electron chi connectivity index (χ4n) is 15.5. The third kappa shape index (κ3) is 107. The summed E-state index contributed by atoms with van der Waals surface area (Å²) in [7, 11) is -9.82. The number of carbonyl (C=O) groups excluding carboxylic acids is 3. The predicted octanol–water partition coefficient (Wildman–Crippen LogP) is 35.1. The van der Waals surface area contributed by atoms with Gasteiger partial charge < -0.3 is 34.2 Å². The summed E-state index contributed by atoms with van der Waals surface area (Å²) >= 11 is 0. The molecule has 0 aromatic heterocycles.